The van der Waals surface area contributed by atoms with Crippen LogP contribution in [0, 0.1) is 5.92 Å². The van der Waals surface area contributed by atoms with E-state index in [9.17, 15) is 4.79 Å². The number of hydrogen-bond donors (Lipinski definition) is 1. The molecule has 0 saturated carbocycles. The summed E-state index contributed by atoms with van der Waals surface area (Å²) in [6.45, 7) is 5.06. The molecule has 2 saturated heterocycles. The number of hydrogen-bond acceptors (Lipinski definition) is 2. The Kier molecular flexibility index (Phi) is 4.87. The van der Waals surface area contributed by atoms with Gasteiger partial charge in [-0.05, 0) is 32.6 Å². The summed E-state index contributed by atoms with van der Waals surface area (Å²) in [6, 6.07) is 0.595. The standard InChI is InChI=1S/C11H20N2O.ClH/c1-9-4-5-10(8-12-9)11(14)13-6-2-3-7-13;/h9-10,12H,2-8H2,1H3;1H/t9-,10+;/m0./s1. The zero-order valence-corrected chi connectivity index (χ0v) is 10.2. The average molecular weight is 233 g/mol. The molecule has 0 aromatic carbocycles. The first-order valence-electron chi connectivity index (χ1n) is 5.79. The maximum atomic E-state index is 12.0. The molecule has 15 heavy (non-hydrogen) atoms. The van der Waals surface area contributed by atoms with Gasteiger partial charge in [0.15, 0.2) is 0 Å². The van der Waals surface area contributed by atoms with Crippen molar-refractivity contribution < 1.29 is 4.79 Å². The van der Waals surface area contributed by atoms with Gasteiger partial charge in [-0.1, -0.05) is 0 Å². The van der Waals surface area contributed by atoms with E-state index in [2.05, 4.69) is 12.2 Å². The zero-order chi connectivity index (χ0) is 9.97. The molecule has 4 heteroatoms. The summed E-state index contributed by atoms with van der Waals surface area (Å²) < 4.78 is 0. The number of carbonyl (C=O) groups is 1. The first-order chi connectivity index (χ1) is 6.77. The van der Waals surface area contributed by atoms with E-state index in [-0.39, 0.29) is 18.3 Å². The Bertz CT molecular complexity index is 209. The van der Waals surface area contributed by atoms with Crippen LogP contribution in [0.1, 0.15) is 32.6 Å². The average Bonchev–Trinajstić information content (AvgIpc) is 2.71. The lowest BCUT2D eigenvalue weighted by Crippen LogP contribution is -2.44. The summed E-state index contributed by atoms with van der Waals surface area (Å²) in [5.41, 5.74) is 0. The van der Waals surface area contributed by atoms with E-state index in [0.717, 1.165) is 32.5 Å². The Hall–Kier alpha value is -0.280. The van der Waals surface area contributed by atoms with E-state index < -0.39 is 0 Å². The Morgan fingerprint density at radius 3 is 2.47 bits per heavy atom. The smallest absolute Gasteiger partial charge is 0.226 e. The highest BCUT2D eigenvalue weighted by molar-refractivity contribution is 5.85. The van der Waals surface area contributed by atoms with Crippen molar-refractivity contribution in [1.29, 1.82) is 0 Å². The van der Waals surface area contributed by atoms with Gasteiger partial charge in [-0.3, -0.25) is 4.79 Å². The number of rotatable bonds is 1. The van der Waals surface area contributed by atoms with Crippen LogP contribution in [0.2, 0.25) is 0 Å². The lowest BCUT2D eigenvalue weighted by Gasteiger charge is -2.29. The molecule has 2 atom stereocenters. The molecule has 0 aromatic rings. The van der Waals surface area contributed by atoms with Gasteiger partial charge in [0.1, 0.15) is 0 Å². The molecule has 0 aliphatic carbocycles. The molecule has 0 unspecified atom stereocenters. The largest absolute Gasteiger partial charge is 0.342 e. The van der Waals surface area contributed by atoms with Crippen molar-refractivity contribution in [3.05, 3.63) is 0 Å². The van der Waals surface area contributed by atoms with Gasteiger partial charge >= 0.3 is 0 Å². The predicted octanol–water partition coefficient (Wildman–Crippen LogP) is 1.42. The number of amides is 1. The van der Waals surface area contributed by atoms with Crippen LogP contribution in [0.3, 0.4) is 0 Å². The van der Waals surface area contributed by atoms with E-state index in [1.54, 1.807) is 0 Å². The van der Waals surface area contributed by atoms with Crippen molar-refractivity contribution in [3.8, 4) is 0 Å². The molecule has 88 valence electrons. The van der Waals surface area contributed by atoms with Crippen molar-refractivity contribution in [2.24, 2.45) is 5.92 Å². The summed E-state index contributed by atoms with van der Waals surface area (Å²) in [6.07, 6.45) is 4.61. The van der Waals surface area contributed by atoms with Gasteiger partial charge in [0, 0.05) is 25.7 Å². The van der Waals surface area contributed by atoms with Gasteiger partial charge < -0.3 is 10.2 Å². The van der Waals surface area contributed by atoms with E-state index in [1.807, 2.05) is 4.90 Å². The third-order valence-electron chi connectivity index (χ3n) is 3.43. The summed E-state index contributed by atoms with van der Waals surface area (Å²) in [7, 11) is 0. The van der Waals surface area contributed by atoms with Crippen LogP contribution in [0.25, 0.3) is 0 Å². The minimum Gasteiger partial charge on any atom is -0.342 e. The molecule has 3 nitrogen and oxygen atoms in total. The second kappa shape index (κ2) is 5.71. The molecule has 0 bridgehead atoms. The van der Waals surface area contributed by atoms with Crippen LogP contribution in [-0.2, 0) is 4.79 Å². The molecule has 0 spiro atoms. The molecule has 2 aliphatic rings. The lowest BCUT2D eigenvalue weighted by molar-refractivity contribution is -0.135. The van der Waals surface area contributed by atoms with Gasteiger partial charge in [-0.15, -0.1) is 12.4 Å². The van der Waals surface area contributed by atoms with Crippen LogP contribution in [-0.4, -0.2) is 36.5 Å². The predicted molar refractivity (Wildman–Crippen MR) is 63.3 cm³/mol. The molecular formula is C11H21ClN2O. The van der Waals surface area contributed by atoms with Crippen LogP contribution < -0.4 is 5.32 Å². The molecule has 0 aromatic heterocycles. The summed E-state index contributed by atoms with van der Waals surface area (Å²) in [5.74, 6) is 0.645. The second-order valence-corrected chi connectivity index (χ2v) is 4.62. The van der Waals surface area contributed by atoms with E-state index >= 15 is 0 Å². The van der Waals surface area contributed by atoms with Crippen molar-refractivity contribution >= 4 is 18.3 Å². The normalized spacial score (nSPS) is 31.1. The molecule has 2 heterocycles. The Morgan fingerprint density at radius 1 is 1.27 bits per heavy atom. The minimum atomic E-state index is 0. The van der Waals surface area contributed by atoms with Gasteiger partial charge in [0.05, 0.1) is 5.92 Å². The lowest BCUT2D eigenvalue weighted by atomic mass is 9.94. The van der Waals surface area contributed by atoms with Crippen LogP contribution >= 0.6 is 12.4 Å². The minimum absolute atomic E-state index is 0. The van der Waals surface area contributed by atoms with Crippen molar-refractivity contribution in [3.63, 3.8) is 0 Å². The zero-order valence-electron chi connectivity index (χ0n) is 9.37. The van der Waals surface area contributed by atoms with Crippen LogP contribution in [0.5, 0.6) is 0 Å². The first kappa shape index (κ1) is 12.8. The third-order valence-corrected chi connectivity index (χ3v) is 3.43. The fourth-order valence-electron chi connectivity index (χ4n) is 2.41. The van der Waals surface area contributed by atoms with Crippen LogP contribution in [0.4, 0.5) is 0 Å². The van der Waals surface area contributed by atoms with E-state index in [4.69, 9.17) is 0 Å². The topological polar surface area (TPSA) is 32.3 Å². The van der Waals surface area contributed by atoms with Gasteiger partial charge in [-0.2, -0.15) is 0 Å². The van der Waals surface area contributed by atoms with Gasteiger partial charge in [0.2, 0.25) is 5.91 Å². The molecule has 2 aliphatic heterocycles. The number of nitrogens with zero attached hydrogens (tertiary/aromatic N) is 1. The number of likely N-dealkylation sites (tertiary alicyclic amines) is 1. The number of halogens is 1. The Morgan fingerprint density at radius 2 is 1.93 bits per heavy atom. The van der Waals surface area contributed by atoms with Gasteiger partial charge in [-0.25, -0.2) is 0 Å². The van der Waals surface area contributed by atoms with Crippen molar-refractivity contribution in [2.45, 2.75) is 38.6 Å². The molecule has 1 N–H and O–H groups in total. The number of carbonyl (C=O) groups excluding carboxylic acids is 1. The summed E-state index contributed by atoms with van der Waals surface area (Å²) in [4.78, 5) is 14.0. The SMILES string of the molecule is C[C@H]1CC[C@@H](C(=O)N2CCCC2)CN1.Cl. The highest BCUT2D eigenvalue weighted by Crippen LogP contribution is 2.19. The molecule has 1 amide bonds. The summed E-state index contributed by atoms with van der Waals surface area (Å²) >= 11 is 0. The highest BCUT2D eigenvalue weighted by Gasteiger charge is 2.28. The Labute approximate surface area is 98.0 Å². The van der Waals surface area contributed by atoms with E-state index in [0.29, 0.717) is 11.9 Å². The molecule has 2 fully saturated rings. The first-order valence-corrected chi connectivity index (χ1v) is 5.79. The fourth-order valence-corrected chi connectivity index (χ4v) is 2.41. The third kappa shape index (κ3) is 3.08. The molecular weight excluding hydrogens is 212 g/mol. The van der Waals surface area contributed by atoms with E-state index in [1.165, 1.54) is 12.8 Å². The van der Waals surface area contributed by atoms with Crippen molar-refractivity contribution in [1.82, 2.24) is 10.2 Å². The summed E-state index contributed by atoms with van der Waals surface area (Å²) in [5, 5.41) is 3.39. The molecule has 0 radical (unpaired) electrons. The number of nitrogens with one attached hydrogen (secondary N) is 1. The van der Waals surface area contributed by atoms with Crippen LogP contribution in [0.15, 0.2) is 0 Å². The van der Waals surface area contributed by atoms with Gasteiger partial charge in [0.25, 0.3) is 0 Å². The second-order valence-electron chi connectivity index (χ2n) is 4.62. The monoisotopic (exact) mass is 232 g/mol. The maximum absolute atomic E-state index is 12.0. The highest BCUT2D eigenvalue weighted by atomic mass is 35.5. The maximum Gasteiger partial charge on any atom is 0.226 e. The quantitative estimate of drug-likeness (QED) is 0.742. The fraction of sp³-hybridized carbons (Fsp3) is 0.909. The molecule has 2 rings (SSSR count). The number of piperidine rings is 1. The van der Waals surface area contributed by atoms with Crippen molar-refractivity contribution in [2.75, 3.05) is 19.6 Å². The Balaban J connectivity index is 0.00000112.